The fraction of sp³-hybridized carbons (Fsp3) is 0.846. The third-order valence-corrected chi connectivity index (χ3v) is 2.98. The van der Waals surface area contributed by atoms with Crippen LogP contribution >= 0.6 is 8.25 Å². The number of allylic oxidation sites excluding steroid dienone is 1. The summed E-state index contributed by atoms with van der Waals surface area (Å²) >= 11 is 0. The second-order valence-corrected chi connectivity index (χ2v) is 7.64. The largest absolute Gasteiger partial charge is 0.387 e. The van der Waals surface area contributed by atoms with Crippen LogP contribution < -0.4 is 5.73 Å². The molecule has 0 radical (unpaired) electrons. The van der Waals surface area contributed by atoms with Crippen LogP contribution in [0.4, 0.5) is 0 Å². The molecule has 1 unspecified atom stereocenters. The molecule has 0 aromatic heterocycles. The maximum atomic E-state index is 10.4. The predicted molar refractivity (Wildman–Crippen MR) is 78.1 cm³/mol. The van der Waals surface area contributed by atoms with Crippen molar-refractivity contribution in [3.63, 3.8) is 0 Å². The van der Waals surface area contributed by atoms with Gasteiger partial charge in [0.1, 0.15) is 0 Å². The molecule has 3 atom stereocenters. The van der Waals surface area contributed by atoms with E-state index >= 15 is 0 Å². The molecule has 0 aliphatic rings. The van der Waals surface area contributed by atoms with Gasteiger partial charge in [-0.1, -0.05) is 46.8 Å². The van der Waals surface area contributed by atoms with Crippen LogP contribution in [0.3, 0.4) is 0 Å². The number of aliphatic hydroxyl groups is 1. The van der Waals surface area contributed by atoms with Crippen LogP contribution in [0, 0.1) is 10.8 Å². The van der Waals surface area contributed by atoms with Crippen molar-refractivity contribution in [3.05, 3.63) is 12.2 Å². The standard InChI is InChI=1S/C13H28NO4P/c1-12(2,3)9-13(4,5)7-6-11(15)10(14)8-18-19(16)17/h6-7,10-11,15,19H,8-9,14H2,1-5H3,(H,16,17)/b7-6+/t10-,11+/m0/s1. The van der Waals surface area contributed by atoms with Gasteiger partial charge in [-0.05, 0) is 17.3 Å². The van der Waals surface area contributed by atoms with Crippen molar-refractivity contribution in [2.45, 2.75) is 53.2 Å². The molecule has 0 aromatic rings. The third-order valence-electron chi connectivity index (χ3n) is 2.57. The Kier molecular flexibility index (Phi) is 7.48. The lowest BCUT2D eigenvalue weighted by Crippen LogP contribution is -2.37. The van der Waals surface area contributed by atoms with Crippen LogP contribution in [0.5, 0.6) is 0 Å². The lowest BCUT2D eigenvalue weighted by Gasteiger charge is -2.30. The molecule has 0 bridgehead atoms. The monoisotopic (exact) mass is 293 g/mol. The van der Waals surface area contributed by atoms with Crippen molar-refractivity contribution in [2.24, 2.45) is 16.6 Å². The quantitative estimate of drug-likeness (QED) is 0.494. The number of hydrogen-bond donors (Lipinski definition) is 3. The summed E-state index contributed by atoms with van der Waals surface area (Å²) in [6.45, 7) is 10.5. The van der Waals surface area contributed by atoms with Crippen LogP contribution in [0.1, 0.15) is 41.0 Å². The Morgan fingerprint density at radius 3 is 2.26 bits per heavy atom. The Bertz CT molecular complexity index is 323. The van der Waals surface area contributed by atoms with Gasteiger partial charge in [-0.3, -0.25) is 4.57 Å². The summed E-state index contributed by atoms with van der Waals surface area (Å²) in [5, 5.41) is 9.83. The van der Waals surface area contributed by atoms with Gasteiger partial charge in [0.2, 0.25) is 0 Å². The first-order chi connectivity index (χ1) is 8.43. The maximum absolute atomic E-state index is 10.4. The summed E-state index contributed by atoms with van der Waals surface area (Å²) < 4.78 is 14.9. The van der Waals surface area contributed by atoms with Gasteiger partial charge >= 0.3 is 8.25 Å². The average Bonchev–Trinajstić information content (AvgIpc) is 2.19. The van der Waals surface area contributed by atoms with E-state index in [1.165, 1.54) is 0 Å². The summed E-state index contributed by atoms with van der Waals surface area (Å²) in [5.41, 5.74) is 5.81. The molecular formula is C13H28NO4P. The highest BCUT2D eigenvalue weighted by atomic mass is 31.1. The molecule has 0 rings (SSSR count). The van der Waals surface area contributed by atoms with Gasteiger partial charge < -0.3 is 20.3 Å². The minimum absolute atomic E-state index is 0.0513. The van der Waals surface area contributed by atoms with E-state index in [-0.39, 0.29) is 17.4 Å². The summed E-state index contributed by atoms with van der Waals surface area (Å²) in [6.07, 6.45) is 3.65. The molecule has 0 heterocycles. The summed E-state index contributed by atoms with van der Waals surface area (Å²) in [5.74, 6) is 0. The Balaban J connectivity index is 4.40. The molecule has 6 heteroatoms. The Morgan fingerprint density at radius 1 is 1.32 bits per heavy atom. The molecule has 114 valence electrons. The molecule has 0 fully saturated rings. The second-order valence-electron chi connectivity index (χ2n) is 6.82. The molecular weight excluding hydrogens is 265 g/mol. The fourth-order valence-corrected chi connectivity index (χ4v) is 2.53. The molecule has 0 saturated heterocycles. The van der Waals surface area contributed by atoms with Crippen molar-refractivity contribution in [1.82, 2.24) is 0 Å². The zero-order chi connectivity index (χ0) is 15.3. The first kappa shape index (κ1) is 18.8. The first-order valence-corrected chi connectivity index (χ1v) is 7.68. The molecule has 0 saturated carbocycles. The van der Waals surface area contributed by atoms with Crippen LogP contribution in [0.15, 0.2) is 12.2 Å². The number of hydrogen-bond acceptors (Lipinski definition) is 4. The van der Waals surface area contributed by atoms with E-state index in [0.717, 1.165) is 6.42 Å². The zero-order valence-corrected chi connectivity index (χ0v) is 13.5. The third kappa shape index (κ3) is 10.3. The van der Waals surface area contributed by atoms with Crippen LogP contribution in [-0.2, 0) is 9.09 Å². The molecule has 0 aliphatic carbocycles. The minimum Gasteiger partial charge on any atom is -0.387 e. The van der Waals surface area contributed by atoms with E-state index in [2.05, 4.69) is 39.1 Å². The molecule has 0 amide bonds. The lowest BCUT2D eigenvalue weighted by atomic mass is 9.76. The molecule has 5 nitrogen and oxygen atoms in total. The highest BCUT2D eigenvalue weighted by Crippen LogP contribution is 2.34. The number of aliphatic hydroxyl groups excluding tert-OH is 1. The summed E-state index contributed by atoms with van der Waals surface area (Å²) in [6, 6.07) is -0.706. The van der Waals surface area contributed by atoms with E-state index < -0.39 is 20.4 Å². The second kappa shape index (κ2) is 7.55. The number of rotatable bonds is 7. The van der Waals surface area contributed by atoms with Gasteiger partial charge in [-0.15, -0.1) is 0 Å². The Labute approximate surface area is 116 Å². The van der Waals surface area contributed by atoms with E-state index in [0.29, 0.717) is 0 Å². The van der Waals surface area contributed by atoms with Crippen LogP contribution in [0.25, 0.3) is 0 Å². The first-order valence-electron chi connectivity index (χ1n) is 6.42. The zero-order valence-electron chi connectivity index (χ0n) is 12.5. The van der Waals surface area contributed by atoms with Gasteiger partial charge in [0.05, 0.1) is 18.8 Å². The lowest BCUT2D eigenvalue weighted by molar-refractivity contribution is 0.148. The molecule has 0 aromatic carbocycles. The average molecular weight is 293 g/mol. The summed E-state index contributed by atoms with van der Waals surface area (Å²) in [4.78, 5) is 8.54. The minimum atomic E-state index is -2.99. The highest BCUT2D eigenvalue weighted by molar-refractivity contribution is 7.32. The van der Waals surface area contributed by atoms with Crippen molar-refractivity contribution in [1.29, 1.82) is 0 Å². The van der Waals surface area contributed by atoms with Gasteiger partial charge in [0, 0.05) is 0 Å². The van der Waals surface area contributed by atoms with E-state index in [9.17, 15) is 9.67 Å². The summed E-state index contributed by atoms with van der Waals surface area (Å²) in [7, 11) is -2.99. The van der Waals surface area contributed by atoms with Crippen molar-refractivity contribution >= 4 is 8.25 Å². The Hall–Kier alpha value is -0.190. The van der Waals surface area contributed by atoms with E-state index in [1.54, 1.807) is 6.08 Å². The topological polar surface area (TPSA) is 92.8 Å². The van der Waals surface area contributed by atoms with Crippen molar-refractivity contribution in [3.8, 4) is 0 Å². The Morgan fingerprint density at radius 2 is 1.84 bits per heavy atom. The smallest absolute Gasteiger partial charge is 0.316 e. The van der Waals surface area contributed by atoms with Gasteiger partial charge in [0.25, 0.3) is 0 Å². The van der Waals surface area contributed by atoms with Crippen molar-refractivity contribution < 1.29 is 19.1 Å². The van der Waals surface area contributed by atoms with Crippen molar-refractivity contribution in [2.75, 3.05) is 6.61 Å². The normalized spacial score (nSPS) is 18.5. The van der Waals surface area contributed by atoms with Crippen LogP contribution in [0.2, 0.25) is 0 Å². The fourth-order valence-electron chi connectivity index (χ4n) is 2.19. The van der Waals surface area contributed by atoms with Gasteiger partial charge in [-0.25, -0.2) is 0 Å². The number of nitrogens with two attached hydrogens (primary N) is 1. The molecule has 0 spiro atoms. The molecule has 0 aliphatic heterocycles. The van der Waals surface area contributed by atoms with E-state index in [1.807, 2.05) is 6.08 Å². The SMILES string of the molecule is CC(C)(C)CC(C)(C)/C=C/[C@@H](O)[C@@H](N)CO[PH](=O)O. The predicted octanol–water partition coefficient (Wildman–Crippen LogP) is 2.09. The maximum Gasteiger partial charge on any atom is 0.316 e. The highest BCUT2D eigenvalue weighted by Gasteiger charge is 2.23. The molecule has 19 heavy (non-hydrogen) atoms. The van der Waals surface area contributed by atoms with Crippen LogP contribution in [-0.4, -0.2) is 28.8 Å². The molecule has 4 N–H and O–H groups in total. The van der Waals surface area contributed by atoms with E-state index in [4.69, 9.17) is 10.6 Å². The van der Waals surface area contributed by atoms with Gasteiger partial charge in [-0.2, -0.15) is 0 Å². The van der Waals surface area contributed by atoms with Gasteiger partial charge in [0.15, 0.2) is 0 Å².